The maximum atomic E-state index is 12.3. The lowest BCUT2D eigenvalue weighted by Crippen LogP contribution is -2.07. The van der Waals surface area contributed by atoms with E-state index in [1.807, 2.05) is 58.9 Å². The van der Waals surface area contributed by atoms with E-state index < -0.39 is 5.63 Å². The number of aryl methyl sites for hydroxylation is 1. The van der Waals surface area contributed by atoms with Crippen molar-refractivity contribution in [3.63, 3.8) is 0 Å². The van der Waals surface area contributed by atoms with Crippen molar-refractivity contribution < 1.29 is 14.3 Å². The number of hydrogen-bond donors (Lipinski definition) is 1. The fourth-order valence-corrected chi connectivity index (χ4v) is 3.08. The topological polar surface area (TPSA) is 67.5 Å². The predicted molar refractivity (Wildman–Crippen MR) is 118 cm³/mol. The van der Waals surface area contributed by atoms with Gasteiger partial charge in [-0.15, -0.1) is 0 Å². The molecule has 0 unspecified atom stereocenters. The molecule has 1 aromatic carbocycles. The molecule has 2 rings (SSSR count). The Labute approximate surface area is 172 Å². The summed E-state index contributed by atoms with van der Waals surface area (Å²) >= 11 is 0. The quantitative estimate of drug-likeness (QED) is 0.341. The number of carbonyl (C=O) groups excluding carboxylic acids is 1. The zero-order chi connectivity index (χ0) is 21.6. The Balaban J connectivity index is 2.06. The van der Waals surface area contributed by atoms with Crippen molar-refractivity contribution in [2.45, 2.75) is 60.3 Å². The van der Waals surface area contributed by atoms with Gasteiger partial charge >= 0.3 is 5.63 Å². The predicted octanol–water partition coefficient (Wildman–Crippen LogP) is 5.95. The lowest BCUT2D eigenvalue weighted by molar-refractivity contribution is -0.114. The average molecular weight is 395 g/mol. The van der Waals surface area contributed by atoms with Crippen LogP contribution in [0.15, 0.2) is 62.4 Å². The Kier molecular flexibility index (Phi) is 7.77. The molecule has 1 heterocycles. The van der Waals surface area contributed by atoms with Crippen LogP contribution in [-0.4, -0.2) is 10.9 Å². The molecule has 1 N–H and O–H groups in total. The number of fused-ring (bicyclic) bond motifs is 1. The Morgan fingerprint density at radius 1 is 1.10 bits per heavy atom. The lowest BCUT2D eigenvalue weighted by atomic mass is 10.0. The number of rotatable bonds is 8. The fourth-order valence-electron chi connectivity index (χ4n) is 3.08. The smallest absolute Gasteiger partial charge is 0.343 e. The van der Waals surface area contributed by atoms with Gasteiger partial charge in [0.25, 0.3) is 0 Å². The summed E-state index contributed by atoms with van der Waals surface area (Å²) in [5.41, 5.74) is 4.04. The maximum Gasteiger partial charge on any atom is 0.343 e. The summed E-state index contributed by atoms with van der Waals surface area (Å²) in [6.07, 6.45) is 8.13. The van der Waals surface area contributed by atoms with Gasteiger partial charge in [-0.3, -0.25) is 4.79 Å². The van der Waals surface area contributed by atoms with Crippen LogP contribution in [0.3, 0.4) is 0 Å². The largest absolute Gasteiger partial charge is 0.507 e. The highest BCUT2D eigenvalue weighted by molar-refractivity contribution is 5.95. The van der Waals surface area contributed by atoms with Crippen LogP contribution in [-0.2, 0) is 11.2 Å². The van der Waals surface area contributed by atoms with Crippen molar-refractivity contribution in [3.05, 3.63) is 74.7 Å². The lowest BCUT2D eigenvalue weighted by Gasteiger charge is -2.07. The third-order valence-corrected chi connectivity index (χ3v) is 4.99. The molecule has 0 aliphatic heterocycles. The second kappa shape index (κ2) is 10.1. The minimum atomic E-state index is -0.509. The number of allylic oxidation sites excluding steroid dienone is 6. The van der Waals surface area contributed by atoms with Crippen LogP contribution in [0, 0.1) is 6.92 Å². The van der Waals surface area contributed by atoms with Crippen LogP contribution < -0.4 is 5.63 Å². The van der Waals surface area contributed by atoms with E-state index in [9.17, 15) is 14.7 Å². The molecule has 29 heavy (non-hydrogen) atoms. The molecule has 0 saturated carbocycles. The van der Waals surface area contributed by atoms with E-state index in [4.69, 9.17) is 4.42 Å². The Morgan fingerprint density at radius 2 is 1.83 bits per heavy atom. The molecule has 1 aromatic heterocycles. The van der Waals surface area contributed by atoms with Gasteiger partial charge in [-0.25, -0.2) is 4.79 Å². The molecule has 4 heteroatoms. The third-order valence-electron chi connectivity index (χ3n) is 4.99. The molecule has 0 aliphatic carbocycles. The summed E-state index contributed by atoms with van der Waals surface area (Å²) in [5, 5.41) is 11.2. The number of ketones is 1. The van der Waals surface area contributed by atoms with Gasteiger partial charge in [0.15, 0.2) is 5.78 Å². The van der Waals surface area contributed by atoms with Crippen molar-refractivity contribution in [2.75, 3.05) is 0 Å². The van der Waals surface area contributed by atoms with Gasteiger partial charge in [0.2, 0.25) is 0 Å². The first-order chi connectivity index (χ1) is 13.7. The third kappa shape index (κ3) is 6.05. The normalized spacial score (nSPS) is 12.3. The molecule has 0 bridgehead atoms. The van der Waals surface area contributed by atoms with E-state index >= 15 is 0 Å². The minimum absolute atomic E-state index is 0.000917. The molecule has 0 saturated heterocycles. The zero-order valence-electron chi connectivity index (χ0n) is 18.0. The molecule has 0 atom stereocenters. The first-order valence-electron chi connectivity index (χ1n) is 9.94. The van der Waals surface area contributed by atoms with Gasteiger partial charge in [0.05, 0.1) is 10.9 Å². The Bertz CT molecular complexity index is 1040. The fraction of sp³-hybridized carbons (Fsp3) is 0.360. The number of benzene rings is 1. The summed E-state index contributed by atoms with van der Waals surface area (Å²) in [6, 6.07) is 5.35. The first-order valence-corrected chi connectivity index (χ1v) is 9.94. The van der Waals surface area contributed by atoms with Crippen molar-refractivity contribution in [1.82, 2.24) is 0 Å². The van der Waals surface area contributed by atoms with Crippen LogP contribution in [0.1, 0.15) is 58.1 Å². The SMILES string of the molecule is CC(C)=CCC(=O)C(C)=CCCC(C)=CCc1c(O)c2c(C)cccc2oc1=O. The average Bonchev–Trinajstić information content (AvgIpc) is 2.65. The van der Waals surface area contributed by atoms with Crippen LogP contribution in [0.5, 0.6) is 5.75 Å². The van der Waals surface area contributed by atoms with E-state index in [0.29, 0.717) is 23.8 Å². The van der Waals surface area contributed by atoms with E-state index in [0.717, 1.165) is 35.1 Å². The van der Waals surface area contributed by atoms with Gasteiger partial charge in [-0.1, -0.05) is 41.5 Å². The molecule has 0 aliphatic rings. The standard InChI is InChI=1S/C25H30O4/c1-16(2)12-15-21(26)18(4)9-6-8-17(3)13-14-20-24(27)23-19(5)10-7-11-22(23)29-25(20)28/h7,9-13,27H,6,8,14-15H2,1-5H3. The Hall–Kier alpha value is -2.88. The van der Waals surface area contributed by atoms with Gasteiger partial charge < -0.3 is 9.52 Å². The molecular weight excluding hydrogens is 364 g/mol. The van der Waals surface area contributed by atoms with Gasteiger partial charge in [-0.05, 0) is 64.7 Å². The molecule has 0 amide bonds. The van der Waals surface area contributed by atoms with Crippen molar-refractivity contribution in [3.8, 4) is 5.75 Å². The molecule has 0 fully saturated rings. The number of aromatic hydroxyl groups is 1. The number of carbonyl (C=O) groups is 1. The summed E-state index contributed by atoms with van der Waals surface area (Å²) < 4.78 is 5.37. The van der Waals surface area contributed by atoms with Crippen LogP contribution in [0.2, 0.25) is 0 Å². The van der Waals surface area contributed by atoms with Crippen molar-refractivity contribution in [1.29, 1.82) is 0 Å². The second-order valence-corrected chi connectivity index (χ2v) is 7.75. The molecular formula is C25H30O4. The molecule has 0 radical (unpaired) electrons. The highest BCUT2D eigenvalue weighted by Crippen LogP contribution is 2.29. The summed E-state index contributed by atoms with van der Waals surface area (Å²) in [5.74, 6) is 0.140. The number of Topliss-reactive ketones (excluding diaryl/α,β-unsaturated/α-hetero) is 1. The van der Waals surface area contributed by atoms with Gasteiger partial charge in [0, 0.05) is 12.8 Å². The Morgan fingerprint density at radius 3 is 2.52 bits per heavy atom. The second-order valence-electron chi connectivity index (χ2n) is 7.75. The molecule has 0 spiro atoms. The van der Waals surface area contributed by atoms with Crippen LogP contribution >= 0.6 is 0 Å². The molecule has 2 aromatic rings. The summed E-state index contributed by atoms with van der Waals surface area (Å²) in [6.45, 7) is 9.67. The number of hydrogen-bond acceptors (Lipinski definition) is 4. The summed E-state index contributed by atoms with van der Waals surface area (Å²) in [7, 11) is 0. The van der Waals surface area contributed by atoms with E-state index in [2.05, 4.69) is 0 Å². The minimum Gasteiger partial charge on any atom is -0.507 e. The maximum absolute atomic E-state index is 12.3. The van der Waals surface area contributed by atoms with E-state index in [1.54, 1.807) is 12.1 Å². The van der Waals surface area contributed by atoms with Crippen molar-refractivity contribution in [2.24, 2.45) is 0 Å². The van der Waals surface area contributed by atoms with Gasteiger partial charge in [0.1, 0.15) is 11.3 Å². The van der Waals surface area contributed by atoms with Crippen LogP contribution in [0.4, 0.5) is 0 Å². The van der Waals surface area contributed by atoms with E-state index in [-0.39, 0.29) is 17.1 Å². The van der Waals surface area contributed by atoms with Crippen molar-refractivity contribution >= 4 is 16.8 Å². The molecule has 4 nitrogen and oxygen atoms in total. The highest BCUT2D eigenvalue weighted by atomic mass is 16.4. The first kappa shape index (κ1) is 22.4. The molecule has 154 valence electrons. The summed E-state index contributed by atoms with van der Waals surface area (Å²) in [4.78, 5) is 24.3. The highest BCUT2D eigenvalue weighted by Gasteiger charge is 2.14. The van der Waals surface area contributed by atoms with Crippen LogP contribution in [0.25, 0.3) is 11.0 Å². The van der Waals surface area contributed by atoms with E-state index in [1.165, 1.54) is 0 Å². The zero-order valence-corrected chi connectivity index (χ0v) is 18.0. The monoisotopic (exact) mass is 394 g/mol. The van der Waals surface area contributed by atoms with Gasteiger partial charge in [-0.2, -0.15) is 0 Å².